The van der Waals surface area contributed by atoms with Crippen LogP contribution in [0, 0.1) is 24.0 Å². The van der Waals surface area contributed by atoms with Gasteiger partial charge in [-0.15, -0.1) is 0 Å². The number of nitro benzene ring substituents is 1. The quantitative estimate of drug-likeness (QED) is 0.0861. The summed E-state index contributed by atoms with van der Waals surface area (Å²) in [6.45, 7) is 4.28. The molecule has 0 saturated carbocycles. The highest BCUT2D eigenvalue weighted by Crippen LogP contribution is 2.34. The summed E-state index contributed by atoms with van der Waals surface area (Å²) in [4.78, 5) is 23.9. The number of rotatable bonds is 11. The number of aromatic nitrogens is 1. The number of ether oxygens (including phenoxy) is 2. The van der Waals surface area contributed by atoms with Crippen molar-refractivity contribution in [3.05, 3.63) is 139 Å². The van der Waals surface area contributed by atoms with Crippen LogP contribution in [-0.4, -0.2) is 21.6 Å². The lowest BCUT2D eigenvalue weighted by molar-refractivity contribution is -0.386. The van der Waals surface area contributed by atoms with E-state index >= 15 is 0 Å². The molecular weight excluding hydrogens is 652 g/mol. The van der Waals surface area contributed by atoms with E-state index in [0.717, 1.165) is 22.6 Å². The molecule has 1 N–H and O–H groups in total. The molecule has 10 nitrogen and oxygen atoms in total. The van der Waals surface area contributed by atoms with Gasteiger partial charge in [0.25, 0.3) is 0 Å². The van der Waals surface area contributed by atoms with Gasteiger partial charge < -0.3 is 18.5 Å². The third-order valence-corrected chi connectivity index (χ3v) is 7.27. The van der Waals surface area contributed by atoms with Crippen molar-refractivity contribution < 1.29 is 23.6 Å². The molecule has 0 saturated heterocycles. The molecule has 0 bridgehead atoms. The van der Waals surface area contributed by atoms with Gasteiger partial charge in [-0.2, -0.15) is 5.10 Å². The number of benzene rings is 3. The fourth-order valence-electron chi connectivity index (χ4n) is 4.44. The third-order valence-electron chi connectivity index (χ3n) is 6.56. The SMILES string of the molecule is Cc1ccc(C)n1-c1ccc(OCc2ccc(C(=O)N/N=C/c3cc(Br)cc([N+](=O)[O-])c3OCc3ccc(Cl)cc3)o2)cc1. The highest BCUT2D eigenvalue weighted by atomic mass is 79.9. The van der Waals surface area contributed by atoms with E-state index in [9.17, 15) is 14.9 Å². The average molecular weight is 678 g/mol. The van der Waals surface area contributed by atoms with Crippen molar-refractivity contribution >= 4 is 45.3 Å². The molecule has 2 aromatic heterocycles. The van der Waals surface area contributed by atoms with Crippen LogP contribution in [0.4, 0.5) is 5.69 Å². The third kappa shape index (κ3) is 7.36. The van der Waals surface area contributed by atoms with Crippen molar-refractivity contribution in [2.75, 3.05) is 0 Å². The van der Waals surface area contributed by atoms with Gasteiger partial charge in [0.15, 0.2) is 5.76 Å². The van der Waals surface area contributed by atoms with E-state index in [4.69, 9.17) is 25.5 Å². The zero-order valence-electron chi connectivity index (χ0n) is 23.6. The number of furan rings is 1. The largest absolute Gasteiger partial charge is 0.486 e. The molecule has 0 fully saturated rings. The number of nitro groups is 1. The van der Waals surface area contributed by atoms with Crippen LogP contribution in [0.3, 0.4) is 0 Å². The molecule has 1 amide bonds. The second kappa shape index (κ2) is 13.6. The molecule has 224 valence electrons. The maximum Gasteiger partial charge on any atom is 0.312 e. The van der Waals surface area contributed by atoms with Crippen molar-refractivity contribution in [1.82, 2.24) is 9.99 Å². The molecule has 44 heavy (non-hydrogen) atoms. The Balaban J connectivity index is 1.21. The zero-order valence-corrected chi connectivity index (χ0v) is 26.0. The van der Waals surface area contributed by atoms with Gasteiger partial charge in [-0.25, -0.2) is 5.43 Å². The van der Waals surface area contributed by atoms with Gasteiger partial charge in [0.1, 0.15) is 24.7 Å². The number of nitrogens with zero attached hydrogens (tertiary/aromatic N) is 3. The van der Waals surface area contributed by atoms with E-state index in [0.29, 0.717) is 21.0 Å². The first-order valence-corrected chi connectivity index (χ1v) is 14.5. The minimum atomic E-state index is -0.609. The zero-order chi connectivity index (χ0) is 31.2. The number of amides is 1. The standard InChI is InChI=1S/C32H26BrClN4O6/c1-20-3-4-21(2)37(20)26-9-11-27(12-10-26)42-19-28-13-14-30(44-28)32(39)36-35-17-23-15-24(33)16-29(38(40)41)31(23)43-18-22-5-7-25(34)8-6-22/h3-17H,18-19H2,1-2H3,(H,36,39)/b35-17+. The van der Waals surface area contributed by atoms with Gasteiger partial charge >= 0.3 is 11.6 Å². The summed E-state index contributed by atoms with van der Waals surface area (Å²) in [5, 5.41) is 16.3. The van der Waals surface area contributed by atoms with Crippen LogP contribution in [-0.2, 0) is 13.2 Å². The Kier molecular flexibility index (Phi) is 9.47. The summed E-state index contributed by atoms with van der Waals surface area (Å²) >= 11 is 9.21. The van der Waals surface area contributed by atoms with E-state index in [-0.39, 0.29) is 36.0 Å². The normalized spacial score (nSPS) is 11.1. The highest BCUT2D eigenvalue weighted by molar-refractivity contribution is 9.10. The lowest BCUT2D eigenvalue weighted by atomic mass is 10.2. The molecule has 0 unspecified atom stereocenters. The molecule has 0 aliphatic carbocycles. The smallest absolute Gasteiger partial charge is 0.312 e. The van der Waals surface area contributed by atoms with E-state index in [1.807, 2.05) is 24.3 Å². The molecule has 5 rings (SSSR count). The molecule has 12 heteroatoms. The van der Waals surface area contributed by atoms with Crippen molar-refractivity contribution in [3.8, 4) is 17.2 Å². The number of hydrogen-bond acceptors (Lipinski definition) is 7. The molecule has 0 spiro atoms. The predicted octanol–water partition coefficient (Wildman–Crippen LogP) is 7.93. The monoisotopic (exact) mass is 676 g/mol. The first-order valence-electron chi connectivity index (χ1n) is 13.3. The number of hydrazone groups is 1. The van der Waals surface area contributed by atoms with Crippen LogP contribution in [0.5, 0.6) is 11.5 Å². The second-order valence-corrected chi connectivity index (χ2v) is 11.1. The number of nitrogens with one attached hydrogen (secondary N) is 1. The Labute approximate surface area is 266 Å². The fraction of sp³-hybridized carbons (Fsp3) is 0.125. The van der Waals surface area contributed by atoms with Crippen molar-refractivity contribution in [1.29, 1.82) is 0 Å². The molecule has 3 aromatic carbocycles. The first kappa shape index (κ1) is 30.6. The molecule has 0 aliphatic rings. The molecule has 2 heterocycles. The number of aryl methyl sites for hydroxylation is 2. The Hall–Kier alpha value is -4.87. The van der Waals surface area contributed by atoms with Crippen LogP contribution in [0.25, 0.3) is 5.69 Å². The summed E-state index contributed by atoms with van der Waals surface area (Å²) < 4.78 is 19.9. The van der Waals surface area contributed by atoms with Gasteiger partial charge in [0.2, 0.25) is 5.75 Å². The predicted molar refractivity (Wildman–Crippen MR) is 170 cm³/mol. The molecule has 0 aliphatic heterocycles. The Morgan fingerprint density at radius 1 is 1.00 bits per heavy atom. The van der Waals surface area contributed by atoms with Gasteiger partial charge in [-0.05, 0) is 86.1 Å². The van der Waals surface area contributed by atoms with Crippen LogP contribution >= 0.6 is 27.5 Å². The van der Waals surface area contributed by atoms with Gasteiger partial charge in [0.05, 0.1) is 11.1 Å². The average Bonchev–Trinajstić information content (AvgIpc) is 3.62. The summed E-state index contributed by atoms with van der Waals surface area (Å²) in [5.41, 5.74) is 6.47. The van der Waals surface area contributed by atoms with Crippen LogP contribution in [0.1, 0.15) is 38.8 Å². The summed E-state index contributed by atoms with van der Waals surface area (Å²) in [6.07, 6.45) is 1.26. The topological polar surface area (TPSA) is 121 Å². The van der Waals surface area contributed by atoms with E-state index < -0.39 is 10.8 Å². The number of hydrogen-bond donors (Lipinski definition) is 1. The lowest BCUT2D eigenvalue weighted by Gasteiger charge is -2.11. The summed E-state index contributed by atoms with van der Waals surface area (Å²) in [6, 6.07) is 24.8. The number of carbonyl (C=O) groups is 1. The Bertz CT molecular complexity index is 1810. The first-order chi connectivity index (χ1) is 21.2. The van der Waals surface area contributed by atoms with Crippen molar-refractivity contribution in [2.45, 2.75) is 27.1 Å². The van der Waals surface area contributed by atoms with E-state index in [1.165, 1.54) is 18.3 Å². The lowest BCUT2D eigenvalue weighted by Crippen LogP contribution is -2.17. The molecule has 0 atom stereocenters. The van der Waals surface area contributed by atoms with E-state index in [1.54, 1.807) is 36.4 Å². The highest BCUT2D eigenvalue weighted by Gasteiger charge is 2.21. The molecular formula is C32H26BrClN4O6. The molecule has 0 radical (unpaired) electrons. The number of carbonyl (C=O) groups excluding carboxylic acids is 1. The van der Waals surface area contributed by atoms with Crippen LogP contribution in [0.15, 0.2) is 98.9 Å². The maximum absolute atomic E-state index is 12.7. The van der Waals surface area contributed by atoms with Crippen LogP contribution in [0.2, 0.25) is 5.02 Å². The van der Waals surface area contributed by atoms with E-state index in [2.05, 4.69) is 57.0 Å². The van der Waals surface area contributed by atoms with Gasteiger partial charge in [-0.1, -0.05) is 39.7 Å². The summed E-state index contributed by atoms with van der Waals surface area (Å²) in [5.74, 6) is 0.507. The minimum Gasteiger partial charge on any atom is -0.486 e. The Morgan fingerprint density at radius 3 is 2.39 bits per heavy atom. The van der Waals surface area contributed by atoms with Crippen LogP contribution < -0.4 is 14.9 Å². The van der Waals surface area contributed by atoms with Crippen molar-refractivity contribution in [3.63, 3.8) is 0 Å². The second-order valence-electron chi connectivity index (χ2n) is 9.71. The van der Waals surface area contributed by atoms with Gasteiger partial charge in [-0.3, -0.25) is 14.9 Å². The molecule has 5 aromatic rings. The summed E-state index contributed by atoms with van der Waals surface area (Å²) in [7, 11) is 0. The fourth-order valence-corrected chi connectivity index (χ4v) is 5.03. The van der Waals surface area contributed by atoms with Crippen molar-refractivity contribution in [2.24, 2.45) is 5.10 Å². The maximum atomic E-state index is 12.7. The minimum absolute atomic E-state index is 0.00440. The Morgan fingerprint density at radius 2 is 1.70 bits per heavy atom. The number of halogens is 2. The van der Waals surface area contributed by atoms with Gasteiger partial charge in [0, 0.05) is 38.2 Å².